The van der Waals surface area contributed by atoms with Crippen molar-refractivity contribution in [1.29, 1.82) is 0 Å². The Hall–Kier alpha value is -2.28. The predicted molar refractivity (Wildman–Crippen MR) is 74.5 cm³/mol. The smallest absolute Gasteiger partial charge is 0.321 e. The van der Waals surface area contributed by atoms with E-state index in [1.165, 1.54) is 0 Å². The van der Waals surface area contributed by atoms with Gasteiger partial charge in [-0.3, -0.25) is 9.69 Å². The maximum atomic E-state index is 11.5. The molecule has 1 aliphatic heterocycles. The van der Waals surface area contributed by atoms with Crippen LogP contribution in [0.4, 0.5) is 0 Å². The number of carboxylic acids is 1. The number of aromatic amines is 1. The monoisotopic (exact) mass is 287 g/mol. The SMILES string of the molecule is Cc1cc(C)nc(CN2Cc3[nH]cnc3CC2C(=O)O)n1. The van der Waals surface area contributed by atoms with Gasteiger partial charge in [-0.05, 0) is 19.9 Å². The molecule has 7 nitrogen and oxygen atoms in total. The number of fused-ring (bicyclic) bond motifs is 1. The molecule has 0 amide bonds. The van der Waals surface area contributed by atoms with E-state index in [1.54, 1.807) is 6.33 Å². The van der Waals surface area contributed by atoms with Gasteiger partial charge in [-0.2, -0.15) is 0 Å². The molecule has 3 rings (SSSR count). The van der Waals surface area contributed by atoms with Crippen LogP contribution in [0.5, 0.6) is 0 Å². The van der Waals surface area contributed by atoms with Gasteiger partial charge >= 0.3 is 5.97 Å². The highest BCUT2D eigenvalue weighted by Crippen LogP contribution is 2.22. The van der Waals surface area contributed by atoms with Crippen molar-refractivity contribution in [3.63, 3.8) is 0 Å². The fraction of sp³-hybridized carbons (Fsp3) is 0.429. The van der Waals surface area contributed by atoms with Gasteiger partial charge in [0.1, 0.15) is 11.9 Å². The van der Waals surface area contributed by atoms with Crippen molar-refractivity contribution in [1.82, 2.24) is 24.8 Å². The number of hydrogen-bond acceptors (Lipinski definition) is 5. The van der Waals surface area contributed by atoms with Crippen molar-refractivity contribution in [2.75, 3.05) is 0 Å². The zero-order valence-electron chi connectivity index (χ0n) is 12.0. The van der Waals surface area contributed by atoms with E-state index in [9.17, 15) is 9.90 Å². The molecule has 1 atom stereocenters. The highest BCUT2D eigenvalue weighted by Gasteiger charge is 2.33. The molecule has 2 aromatic heterocycles. The molecule has 7 heteroatoms. The third kappa shape index (κ3) is 2.78. The first kappa shape index (κ1) is 13.7. The minimum absolute atomic E-state index is 0.402. The summed E-state index contributed by atoms with van der Waals surface area (Å²) in [6.07, 6.45) is 2.01. The van der Waals surface area contributed by atoms with Crippen molar-refractivity contribution < 1.29 is 9.90 Å². The quantitative estimate of drug-likeness (QED) is 0.868. The number of hydrogen-bond donors (Lipinski definition) is 2. The number of nitrogens with one attached hydrogen (secondary N) is 1. The molecule has 0 saturated heterocycles. The average molecular weight is 287 g/mol. The summed E-state index contributed by atoms with van der Waals surface area (Å²) in [5.74, 6) is -0.185. The molecule has 0 bridgehead atoms. The van der Waals surface area contributed by atoms with Crippen LogP contribution in [0, 0.1) is 13.8 Å². The molecule has 0 radical (unpaired) electrons. The fourth-order valence-corrected chi connectivity index (χ4v) is 2.75. The van der Waals surface area contributed by atoms with Crippen LogP contribution in [0.1, 0.15) is 28.6 Å². The number of aryl methyl sites for hydroxylation is 2. The maximum absolute atomic E-state index is 11.5. The number of carbonyl (C=O) groups is 1. The van der Waals surface area contributed by atoms with E-state index in [-0.39, 0.29) is 0 Å². The number of H-pyrrole nitrogens is 1. The number of imidazole rings is 1. The van der Waals surface area contributed by atoms with Crippen LogP contribution in [0.3, 0.4) is 0 Å². The third-order valence-electron chi connectivity index (χ3n) is 3.65. The summed E-state index contributed by atoms with van der Waals surface area (Å²) in [5.41, 5.74) is 3.59. The first-order valence-corrected chi connectivity index (χ1v) is 6.82. The summed E-state index contributed by atoms with van der Waals surface area (Å²) < 4.78 is 0. The molecule has 0 spiro atoms. The average Bonchev–Trinajstić information content (AvgIpc) is 2.83. The predicted octanol–water partition coefficient (Wildman–Crippen LogP) is 0.828. The summed E-state index contributed by atoms with van der Waals surface area (Å²) >= 11 is 0. The van der Waals surface area contributed by atoms with Gasteiger partial charge in [0.25, 0.3) is 0 Å². The Balaban J connectivity index is 1.87. The Morgan fingerprint density at radius 3 is 2.81 bits per heavy atom. The fourth-order valence-electron chi connectivity index (χ4n) is 2.75. The van der Waals surface area contributed by atoms with E-state index >= 15 is 0 Å². The normalized spacial score (nSPS) is 18.5. The lowest BCUT2D eigenvalue weighted by Crippen LogP contribution is -2.45. The first-order chi connectivity index (χ1) is 10.0. The standard InChI is InChI=1S/C14H17N5O2/c1-8-3-9(2)18-13(17-8)6-19-5-11-10(15-7-16-11)4-12(19)14(20)21/h3,7,12H,4-6H2,1-2H3,(H,15,16)(H,20,21). The second kappa shape index (κ2) is 5.25. The van der Waals surface area contributed by atoms with Gasteiger partial charge in [-0.15, -0.1) is 0 Å². The highest BCUT2D eigenvalue weighted by molar-refractivity contribution is 5.74. The van der Waals surface area contributed by atoms with Crippen LogP contribution < -0.4 is 0 Å². The molecule has 2 N–H and O–H groups in total. The number of rotatable bonds is 3. The van der Waals surface area contributed by atoms with Crippen LogP contribution in [-0.4, -0.2) is 42.0 Å². The lowest BCUT2D eigenvalue weighted by molar-refractivity contribution is -0.144. The van der Waals surface area contributed by atoms with Gasteiger partial charge < -0.3 is 10.1 Å². The lowest BCUT2D eigenvalue weighted by Gasteiger charge is -2.31. The molecule has 0 fully saturated rings. The van der Waals surface area contributed by atoms with Crippen LogP contribution >= 0.6 is 0 Å². The van der Waals surface area contributed by atoms with Gasteiger partial charge in [0.2, 0.25) is 0 Å². The molecule has 0 aliphatic carbocycles. The molecule has 3 heterocycles. The van der Waals surface area contributed by atoms with Crippen LogP contribution in [0.2, 0.25) is 0 Å². The van der Waals surface area contributed by atoms with Gasteiger partial charge in [0.05, 0.1) is 24.3 Å². The second-order valence-electron chi connectivity index (χ2n) is 5.36. The van der Waals surface area contributed by atoms with E-state index in [2.05, 4.69) is 19.9 Å². The Morgan fingerprint density at radius 2 is 2.14 bits per heavy atom. The molecule has 1 unspecified atom stereocenters. The number of aliphatic carboxylic acids is 1. The molecular formula is C14H17N5O2. The largest absolute Gasteiger partial charge is 0.480 e. The van der Waals surface area contributed by atoms with E-state index in [0.717, 1.165) is 22.8 Å². The van der Waals surface area contributed by atoms with Crippen molar-refractivity contribution in [3.05, 3.63) is 41.0 Å². The van der Waals surface area contributed by atoms with E-state index in [4.69, 9.17) is 0 Å². The summed E-state index contributed by atoms with van der Waals surface area (Å²) in [6.45, 7) is 4.76. The summed E-state index contributed by atoms with van der Waals surface area (Å²) in [7, 11) is 0. The Labute approximate surface area is 122 Å². The van der Waals surface area contributed by atoms with E-state index < -0.39 is 12.0 Å². The number of nitrogens with zero attached hydrogens (tertiary/aromatic N) is 4. The minimum atomic E-state index is -0.840. The number of carboxylic acid groups (broad SMARTS) is 1. The van der Waals surface area contributed by atoms with Crippen molar-refractivity contribution in [2.45, 2.75) is 39.4 Å². The molecule has 0 aromatic carbocycles. The van der Waals surface area contributed by atoms with Gasteiger partial charge in [-0.1, -0.05) is 0 Å². The van der Waals surface area contributed by atoms with Gasteiger partial charge in [0.15, 0.2) is 0 Å². The van der Waals surface area contributed by atoms with E-state index in [0.29, 0.717) is 25.3 Å². The zero-order valence-corrected chi connectivity index (χ0v) is 12.0. The molecule has 2 aromatic rings. The van der Waals surface area contributed by atoms with Crippen molar-refractivity contribution >= 4 is 5.97 Å². The Morgan fingerprint density at radius 1 is 1.43 bits per heavy atom. The topological polar surface area (TPSA) is 95.0 Å². The minimum Gasteiger partial charge on any atom is -0.480 e. The Bertz CT molecular complexity index is 662. The van der Waals surface area contributed by atoms with Crippen LogP contribution in [0.25, 0.3) is 0 Å². The highest BCUT2D eigenvalue weighted by atomic mass is 16.4. The maximum Gasteiger partial charge on any atom is 0.321 e. The summed E-state index contributed by atoms with van der Waals surface area (Å²) in [6, 6.07) is 1.31. The number of aromatic nitrogens is 4. The molecular weight excluding hydrogens is 270 g/mol. The van der Waals surface area contributed by atoms with Gasteiger partial charge in [-0.25, -0.2) is 15.0 Å². The second-order valence-corrected chi connectivity index (χ2v) is 5.36. The van der Waals surface area contributed by atoms with Crippen LogP contribution in [-0.2, 0) is 24.3 Å². The van der Waals surface area contributed by atoms with Crippen LogP contribution in [0.15, 0.2) is 12.4 Å². The van der Waals surface area contributed by atoms with Gasteiger partial charge in [0, 0.05) is 24.4 Å². The Kier molecular flexibility index (Phi) is 3.42. The first-order valence-electron chi connectivity index (χ1n) is 6.82. The molecule has 21 heavy (non-hydrogen) atoms. The molecule has 110 valence electrons. The zero-order chi connectivity index (χ0) is 15.0. The summed E-state index contributed by atoms with van der Waals surface area (Å²) in [5, 5.41) is 9.44. The third-order valence-corrected chi connectivity index (χ3v) is 3.65. The lowest BCUT2D eigenvalue weighted by atomic mass is 10.0. The molecule has 0 saturated carbocycles. The van der Waals surface area contributed by atoms with Crippen molar-refractivity contribution in [3.8, 4) is 0 Å². The molecule has 1 aliphatic rings. The van der Waals surface area contributed by atoms with Crippen molar-refractivity contribution in [2.24, 2.45) is 0 Å². The summed E-state index contributed by atoms with van der Waals surface area (Å²) in [4.78, 5) is 29.4. The van der Waals surface area contributed by atoms with E-state index in [1.807, 2.05) is 24.8 Å².